The molecule has 122 valence electrons. The fraction of sp³-hybridized carbons (Fsp3) is 0.438. The molecule has 7 heteroatoms. The molecule has 1 N–H and O–H groups in total. The van der Waals surface area contributed by atoms with Gasteiger partial charge in [0.15, 0.2) is 0 Å². The predicted molar refractivity (Wildman–Crippen MR) is 84.8 cm³/mol. The van der Waals surface area contributed by atoms with E-state index >= 15 is 0 Å². The number of hydrogen-bond donors (Lipinski definition) is 1. The third-order valence-corrected chi connectivity index (χ3v) is 3.98. The van der Waals surface area contributed by atoms with Gasteiger partial charge < -0.3 is 14.5 Å². The second-order valence-electron chi connectivity index (χ2n) is 5.56. The van der Waals surface area contributed by atoms with Crippen LogP contribution in [0.5, 0.6) is 11.8 Å². The van der Waals surface area contributed by atoms with Crippen LogP contribution < -0.4 is 15.0 Å². The van der Waals surface area contributed by atoms with Gasteiger partial charge in [-0.3, -0.25) is 9.69 Å². The number of ether oxygens (including phenoxy) is 2. The lowest BCUT2D eigenvalue weighted by Crippen LogP contribution is -2.35. The summed E-state index contributed by atoms with van der Waals surface area (Å²) in [5, 5.41) is 0. The molecule has 3 heterocycles. The van der Waals surface area contributed by atoms with Crippen LogP contribution in [-0.4, -0.2) is 40.6 Å². The Balaban J connectivity index is 1.81. The number of rotatable bonds is 4. The summed E-state index contributed by atoms with van der Waals surface area (Å²) in [7, 11) is 3.18. The van der Waals surface area contributed by atoms with Crippen LogP contribution in [0.25, 0.3) is 0 Å². The van der Waals surface area contributed by atoms with Gasteiger partial charge in [-0.25, -0.2) is 4.98 Å². The van der Waals surface area contributed by atoms with Gasteiger partial charge >= 0.3 is 0 Å². The Labute approximate surface area is 134 Å². The van der Waals surface area contributed by atoms with Gasteiger partial charge in [0.1, 0.15) is 5.82 Å². The second-order valence-corrected chi connectivity index (χ2v) is 5.56. The number of pyridine rings is 1. The maximum atomic E-state index is 12.0. The van der Waals surface area contributed by atoms with Crippen LogP contribution in [-0.2, 0) is 19.5 Å². The zero-order chi connectivity index (χ0) is 16.4. The summed E-state index contributed by atoms with van der Waals surface area (Å²) < 4.78 is 10.5. The van der Waals surface area contributed by atoms with Crippen molar-refractivity contribution in [1.29, 1.82) is 0 Å². The molecule has 0 fully saturated rings. The molecular formula is C16H20N4O3. The van der Waals surface area contributed by atoms with Crippen LogP contribution in [0.1, 0.15) is 22.6 Å². The first kappa shape index (κ1) is 15.5. The van der Waals surface area contributed by atoms with Crippen LogP contribution >= 0.6 is 0 Å². The van der Waals surface area contributed by atoms with E-state index in [1.54, 1.807) is 21.1 Å². The maximum absolute atomic E-state index is 12.0. The van der Waals surface area contributed by atoms with E-state index in [2.05, 4.69) is 19.9 Å². The highest BCUT2D eigenvalue weighted by Gasteiger charge is 2.21. The third-order valence-electron chi connectivity index (χ3n) is 3.98. The van der Waals surface area contributed by atoms with Gasteiger partial charge in [0.2, 0.25) is 11.8 Å². The van der Waals surface area contributed by atoms with Gasteiger partial charge in [0.05, 0.1) is 19.9 Å². The minimum Gasteiger partial charge on any atom is -0.481 e. The molecule has 0 atom stereocenters. The van der Waals surface area contributed by atoms with Crippen molar-refractivity contribution in [1.82, 2.24) is 19.9 Å². The monoisotopic (exact) mass is 316 g/mol. The molecule has 3 rings (SSSR count). The van der Waals surface area contributed by atoms with Crippen molar-refractivity contribution in [2.24, 2.45) is 0 Å². The number of aromatic amines is 1. The van der Waals surface area contributed by atoms with Crippen molar-refractivity contribution in [3.63, 3.8) is 0 Å². The molecule has 2 aromatic rings. The van der Waals surface area contributed by atoms with E-state index < -0.39 is 0 Å². The molecule has 2 aromatic heterocycles. The van der Waals surface area contributed by atoms with E-state index in [-0.39, 0.29) is 5.56 Å². The standard InChI is InChI=1S/C16H20N4O3/c1-10-17-13-9-20(7-6-12(13)15(21)18-10)8-11-4-5-14(22-2)19-16(11)23-3/h4-5H,6-9H2,1-3H3,(H,17,18,21). The smallest absolute Gasteiger partial charge is 0.254 e. The van der Waals surface area contributed by atoms with Crippen molar-refractivity contribution in [3.05, 3.63) is 45.1 Å². The van der Waals surface area contributed by atoms with Gasteiger partial charge in [0, 0.05) is 36.8 Å². The summed E-state index contributed by atoms with van der Waals surface area (Å²) in [5.74, 6) is 1.74. The summed E-state index contributed by atoms with van der Waals surface area (Å²) >= 11 is 0. The van der Waals surface area contributed by atoms with E-state index in [0.717, 1.165) is 23.4 Å². The van der Waals surface area contributed by atoms with Crippen LogP contribution in [0.15, 0.2) is 16.9 Å². The number of nitrogens with one attached hydrogen (secondary N) is 1. The summed E-state index contributed by atoms with van der Waals surface area (Å²) in [6.07, 6.45) is 0.698. The van der Waals surface area contributed by atoms with Crippen LogP contribution in [0, 0.1) is 6.92 Å². The van der Waals surface area contributed by atoms with Gasteiger partial charge in [-0.2, -0.15) is 4.98 Å². The molecule has 0 radical (unpaired) electrons. The molecule has 1 aliphatic heterocycles. The van der Waals surface area contributed by atoms with Crippen LogP contribution in [0.3, 0.4) is 0 Å². The zero-order valence-corrected chi connectivity index (χ0v) is 13.5. The minimum absolute atomic E-state index is 0.0177. The van der Waals surface area contributed by atoms with Crippen LogP contribution in [0.2, 0.25) is 0 Å². The second kappa shape index (κ2) is 6.37. The van der Waals surface area contributed by atoms with E-state index in [1.807, 2.05) is 12.1 Å². The van der Waals surface area contributed by atoms with Crippen molar-refractivity contribution in [2.75, 3.05) is 20.8 Å². The number of H-pyrrole nitrogens is 1. The zero-order valence-electron chi connectivity index (χ0n) is 13.5. The van der Waals surface area contributed by atoms with Crippen molar-refractivity contribution in [2.45, 2.75) is 26.4 Å². The van der Waals surface area contributed by atoms with Crippen molar-refractivity contribution in [3.8, 4) is 11.8 Å². The Hall–Kier alpha value is -2.41. The molecule has 0 aromatic carbocycles. The molecule has 0 amide bonds. The number of methoxy groups -OCH3 is 2. The lowest BCUT2D eigenvalue weighted by molar-refractivity contribution is 0.235. The topological polar surface area (TPSA) is 80.3 Å². The number of aryl methyl sites for hydroxylation is 1. The molecule has 0 spiro atoms. The first-order valence-corrected chi connectivity index (χ1v) is 7.49. The molecule has 23 heavy (non-hydrogen) atoms. The Morgan fingerprint density at radius 2 is 2.09 bits per heavy atom. The van der Waals surface area contributed by atoms with E-state index in [0.29, 0.717) is 37.1 Å². The van der Waals surface area contributed by atoms with Crippen molar-refractivity contribution < 1.29 is 9.47 Å². The summed E-state index contributed by atoms with van der Waals surface area (Å²) in [6, 6.07) is 3.78. The average Bonchev–Trinajstić information content (AvgIpc) is 2.54. The summed E-state index contributed by atoms with van der Waals surface area (Å²) in [5.41, 5.74) is 2.62. The van der Waals surface area contributed by atoms with E-state index in [4.69, 9.17) is 9.47 Å². The van der Waals surface area contributed by atoms with Gasteiger partial charge in [-0.1, -0.05) is 0 Å². The maximum Gasteiger partial charge on any atom is 0.254 e. The molecule has 0 aliphatic carbocycles. The Kier molecular flexibility index (Phi) is 4.29. The van der Waals surface area contributed by atoms with Crippen molar-refractivity contribution >= 4 is 0 Å². The predicted octanol–water partition coefficient (Wildman–Crippen LogP) is 1.05. The highest BCUT2D eigenvalue weighted by Crippen LogP contribution is 2.23. The van der Waals surface area contributed by atoms with E-state index in [1.165, 1.54) is 0 Å². The number of fused-ring (bicyclic) bond motifs is 1. The van der Waals surface area contributed by atoms with Gasteiger partial charge in [-0.15, -0.1) is 0 Å². The Morgan fingerprint density at radius 3 is 2.83 bits per heavy atom. The molecular weight excluding hydrogens is 296 g/mol. The number of hydrogen-bond acceptors (Lipinski definition) is 6. The Bertz CT molecular complexity index is 772. The molecule has 0 saturated heterocycles. The minimum atomic E-state index is -0.0177. The molecule has 7 nitrogen and oxygen atoms in total. The highest BCUT2D eigenvalue weighted by molar-refractivity contribution is 5.31. The average molecular weight is 316 g/mol. The quantitative estimate of drug-likeness (QED) is 0.908. The van der Waals surface area contributed by atoms with Crippen LogP contribution in [0.4, 0.5) is 0 Å². The fourth-order valence-electron chi connectivity index (χ4n) is 2.86. The van der Waals surface area contributed by atoms with Gasteiger partial charge in [0.25, 0.3) is 5.56 Å². The molecule has 0 bridgehead atoms. The number of aromatic nitrogens is 3. The Morgan fingerprint density at radius 1 is 1.26 bits per heavy atom. The molecule has 1 aliphatic rings. The summed E-state index contributed by atoms with van der Waals surface area (Å²) in [6.45, 7) is 3.94. The lowest BCUT2D eigenvalue weighted by atomic mass is 10.1. The summed E-state index contributed by atoms with van der Waals surface area (Å²) in [4.78, 5) is 25.7. The SMILES string of the molecule is COc1ccc(CN2CCc3c(nc(C)[nH]c3=O)C2)c(OC)n1. The van der Waals surface area contributed by atoms with E-state index in [9.17, 15) is 4.79 Å². The fourth-order valence-corrected chi connectivity index (χ4v) is 2.86. The molecule has 0 saturated carbocycles. The largest absolute Gasteiger partial charge is 0.481 e. The molecule has 0 unspecified atom stereocenters. The third kappa shape index (κ3) is 3.19. The first-order chi connectivity index (χ1) is 11.1. The highest BCUT2D eigenvalue weighted by atomic mass is 16.5. The normalized spacial score (nSPS) is 14.4. The lowest BCUT2D eigenvalue weighted by Gasteiger charge is -2.27. The number of nitrogens with zero attached hydrogens (tertiary/aromatic N) is 3. The first-order valence-electron chi connectivity index (χ1n) is 7.49. The van der Waals surface area contributed by atoms with Gasteiger partial charge in [-0.05, 0) is 19.4 Å².